The van der Waals surface area contributed by atoms with Gasteiger partial charge in [0, 0.05) is 23.5 Å². The van der Waals surface area contributed by atoms with E-state index in [0.717, 1.165) is 24.3 Å². The number of nitrogens with one attached hydrogen (secondary N) is 1. The van der Waals surface area contributed by atoms with Crippen molar-refractivity contribution in [2.45, 2.75) is 50.2 Å². The zero-order valence-corrected chi connectivity index (χ0v) is 20.2. The van der Waals surface area contributed by atoms with E-state index < -0.39 is 45.9 Å². The fourth-order valence-corrected chi connectivity index (χ4v) is 4.40. The number of halogens is 6. The number of hydrogen-bond donors (Lipinski definition) is 1. The van der Waals surface area contributed by atoms with Crippen LogP contribution in [0.3, 0.4) is 0 Å². The lowest BCUT2D eigenvalue weighted by Gasteiger charge is -2.38. The average molecular weight is 536 g/mol. The third kappa shape index (κ3) is 7.37. The van der Waals surface area contributed by atoms with Crippen molar-refractivity contribution < 1.29 is 40.4 Å². The number of rotatable bonds is 8. The summed E-state index contributed by atoms with van der Waals surface area (Å²) in [4.78, 5) is 8.19. The van der Waals surface area contributed by atoms with Gasteiger partial charge in [-0.25, -0.2) is 4.99 Å². The molecule has 1 N–H and O–H groups in total. The second kappa shape index (κ2) is 10.3. The average Bonchev–Trinajstić information content (AvgIpc) is 3.23. The highest BCUT2D eigenvalue weighted by Gasteiger charge is 2.44. The standard InChI is InChI=1S/C23H23F6N3O3S/c1-20(2,3)36(33)32-21(12-17-13-30-14-31-17,15-6-4-8-18(10-15)34-22(24,25)26)16-7-5-9-19(11-16)35-23(27,28)29/h4-11,14,32H,12-13H2,1-3H3. The molecule has 0 amide bonds. The van der Waals surface area contributed by atoms with Gasteiger partial charge in [0.15, 0.2) is 0 Å². The minimum absolute atomic E-state index is 0.0697. The van der Waals surface area contributed by atoms with Crippen molar-refractivity contribution in [1.29, 1.82) is 0 Å². The van der Waals surface area contributed by atoms with Gasteiger partial charge in [-0.3, -0.25) is 4.99 Å². The Morgan fingerprint density at radius 2 is 1.39 bits per heavy atom. The number of alkyl halides is 6. The van der Waals surface area contributed by atoms with Crippen LogP contribution >= 0.6 is 0 Å². The molecule has 2 aromatic carbocycles. The summed E-state index contributed by atoms with van der Waals surface area (Å²) in [5.41, 5.74) is -0.820. The van der Waals surface area contributed by atoms with Crippen LogP contribution in [0.4, 0.5) is 26.3 Å². The maximum absolute atomic E-state index is 13.3. The summed E-state index contributed by atoms with van der Waals surface area (Å²) in [5.74, 6) is -1.11. The molecule has 1 atom stereocenters. The van der Waals surface area contributed by atoms with Crippen molar-refractivity contribution >= 4 is 23.4 Å². The van der Waals surface area contributed by atoms with Crippen LogP contribution in [0.25, 0.3) is 0 Å². The Kier molecular flexibility index (Phi) is 7.96. The third-order valence-corrected chi connectivity index (χ3v) is 6.66. The minimum Gasteiger partial charge on any atom is -0.598 e. The molecule has 0 saturated carbocycles. The van der Waals surface area contributed by atoms with Gasteiger partial charge in [-0.05, 0) is 56.2 Å². The topological polar surface area (TPSA) is 78.3 Å². The molecule has 0 radical (unpaired) electrons. The lowest BCUT2D eigenvalue weighted by Crippen LogP contribution is -2.53. The van der Waals surface area contributed by atoms with Gasteiger partial charge in [-0.1, -0.05) is 24.3 Å². The maximum atomic E-state index is 13.3. The van der Waals surface area contributed by atoms with E-state index in [1.54, 1.807) is 20.8 Å². The SMILES string of the molecule is CC(C)(C)[S+]([O-])NC(CC1=NC=NC1)(c1cccc(OC(F)(F)F)c1)c1cccc(OC(F)(F)F)c1. The Hall–Kier alpha value is -2.77. The quantitative estimate of drug-likeness (QED) is 0.350. The first-order chi connectivity index (χ1) is 16.6. The number of benzene rings is 2. The molecule has 0 aromatic heterocycles. The number of nitrogens with zero attached hydrogens (tertiary/aromatic N) is 2. The lowest BCUT2D eigenvalue weighted by atomic mass is 9.79. The van der Waals surface area contributed by atoms with Gasteiger partial charge in [0.05, 0.1) is 6.54 Å². The van der Waals surface area contributed by atoms with Gasteiger partial charge < -0.3 is 14.0 Å². The van der Waals surface area contributed by atoms with Crippen LogP contribution in [0, 0.1) is 0 Å². The maximum Gasteiger partial charge on any atom is 0.573 e. The Morgan fingerprint density at radius 3 is 1.78 bits per heavy atom. The Labute approximate surface area is 206 Å². The third-order valence-electron chi connectivity index (χ3n) is 5.01. The smallest absolute Gasteiger partial charge is 0.573 e. The highest BCUT2D eigenvalue weighted by atomic mass is 32.2. The summed E-state index contributed by atoms with van der Waals surface area (Å²) in [6, 6.07) is 9.88. The van der Waals surface area contributed by atoms with E-state index in [1.807, 2.05) is 0 Å². The predicted molar refractivity (Wildman–Crippen MR) is 123 cm³/mol. The molecule has 36 heavy (non-hydrogen) atoms. The first-order valence-electron chi connectivity index (χ1n) is 10.5. The van der Waals surface area contributed by atoms with Crippen LogP contribution in [0.1, 0.15) is 38.3 Å². The molecule has 1 aliphatic heterocycles. The van der Waals surface area contributed by atoms with Crippen molar-refractivity contribution in [1.82, 2.24) is 4.72 Å². The Balaban J connectivity index is 2.23. The van der Waals surface area contributed by atoms with Gasteiger partial charge in [0.2, 0.25) is 0 Å². The van der Waals surface area contributed by atoms with Gasteiger partial charge >= 0.3 is 12.7 Å². The van der Waals surface area contributed by atoms with E-state index in [0.29, 0.717) is 5.71 Å². The molecule has 196 valence electrons. The highest BCUT2D eigenvalue weighted by molar-refractivity contribution is 7.90. The van der Waals surface area contributed by atoms with E-state index in [1.165, 1.54) is 30.6 Å². The summed E-state index contributed by atoms with van der Waals surface area (Å²) in [6.45, 7) is 5.17. The van der Waals surface area contributed by atoms with Crippen LogP contribution in [-0.4, -0.2) is 40.6 Å². The number of ether oxygens (including phenoxy) is 2. The second-order valence-electron chi connectivity index (χ2n) is 8.87. The molecule has 13 heteroatoms. The number of aliphatic imine (C=N–C) groups is 2. The van der Waals surface area contributed by atoms with Crippen molar-refractivity contribution in [3.63, 3.8) is 0 Å². The summed E-state index contributed by atoms with van der Waals surface area (Å²) in [5, 5.41) is 0. The Morgan fingerprint density at radius 1 is 0.889 bits per heavy atom. The molecule has 3 rings (SSSR count). The zero-order chi connectivity index (χ0) is 26.8. The van der Waals surface area contributed by atoms with Crippen molar-refractivity contribution in [3.8, 4) is 11.5 Å². The molecular formula is C23H23F6N3O3S. The molecule has 0 saturated heterocycles. The molecule has 2 aromatic rings. The normalized spacial score (nSPS) is 15.6. The molecule has 0 bridgehead atoms. The monoisotopic (exact) mass is 535 g/mol. The van der Waals surface area contributed by atoms with Crippen molar-refractivity contribution in [2.75, 3.05) is 6.54 Å². The molecule has 1 heterocycles. The second-order valence-corrected chi connectivity index (χ2v) is 10.8. The first-order valence-corrected chi connectivity index (χ1v) is 11.7. The summed E-state index contributed by atoms with van der Waals surface area (Å²) in [6.07, 6.45) is -8.73. The molecule has 1 aliphatic rings. The molecular weight excluding hydrogens is 512 g/mol. The van der Waals surface area contributed by atoms with Gasteiger partial charge in [0.1, 0.15) is 28.1 Å². The zero-order valence-electron chi connectivity index (χ0n) is 19.4. The van der Waals surface area contributed by atoms with Gasteiger partial charge in [0.25, 0.3) is 0 Å². The molecule has 0 aliphatic carbocycles. The molecule has 0 fully saturated rings. The largest absolute Gasteiger partial charge is 0.598 e. The summed E-state index contributed by atoms with van der Waals surface area (Å²) in [7, 11) is 0. The van der Waals surface area contributed by atoms with Crippen molar-refractivity contribution in [2.24, 2.45) is 9.98 Å². The van der Waals surface area contributed by atoms with Gasteiger partial charge in [-0.15, -0.1) is 31.1 Å². The van der Waals surface area contributed by atoms with E-state index in [-0.39, 0.29) is 24.1 Å². The van der Waals surface area contributed by atoms with E-state index in [2.05, 4.69) is 24.2 Å². The van der Waals surface area contributed by atoms with E-state index >= 15 is 0 Å². The number of hydrogen-bond acceptors (Lipinski definition) is 6. The van der Waals surface area contributed by atoms with Crippen LogP contribution < -0.4 is 14.2 Å². The van der Waals surface area contributed by atoms with E-state index in [9.17, 15) is 30.9 Å². The van der Waals surface area contributed by atoms with Crippen LogP contribution in [0.2, 0.25) is 0 Å². The fourth-order valence-electron chi connectivity index (χ4n) is 3.47. The fraction of sp³-hybridized carbons (Fsp3) is 0.391. The lowest BCUT2D eigenvalue weighted by molar-refractivity contribution is -0.275. The predicted octanol–water partition coefficient (Wildman–Crippen LogP) is 5.65. The minimum atomic E-state index is -4.98. The highest BCUT2D eigenvalue weighted by Crippen LogP contribution is 2.40. The first kappa shape index (κ1) is 27.8. The summed E-state index contributed by atoms with van der Waals surface area (Å²) < 4.78 is 101. The van der Waals surface area contributed by atoms with Gasteiger partial charge in [-0.2, -0.15) is 0 Å². The summed E-state index contributed by atoms with van der Waals surface area (Å²) >= 11 is -1.83. The van der Waals surface area contributed by atoms with Crippen LogP contribution in [-0.2, 0) is 16.9 Å². The van der Waals surface area contributed by atoms with Crippen LogP contribution in [0.15, 0.2) is 58.5 Å². The molecule has 0 spiro atoms. The van der Waals surface area contributed by atoms with E-state index in [4.69, 9.17) is 0 Å². The Bertz CT molecular complexity index is 1070. The van der Waals surface area contributed by atoms with Crippen LogP contribution in [0.5, 0.6) is 11.5 Å². The molecule has 1 unspecified atom stereocenters. The van der Waals surface area contributed by atoms with Crippen molar-refractivity contribution in [3.05, 3.63) is 59.7 Å². The molecule has 6 nitrogen and oxygen atoms in total.